The van der Waals surface area contributed by atoms with Crippen LogP contribution in [0.25, 0.3) is 0 Å². The van der Waals surface area contributed by atoms with Crippen LogP contribution in [-0.4, -0.2) is 38.0 Å². The van der Waals surface area contributed by atoms with E-state index in [9.17, 15) is 4.79 Å². The summed E-state index contributed by atoms with van der Waals surface area (Å²) in [4.78, 5) is 14.2. The average molecular weight is 320 g/mol. The molecule has 23 heavy (non-hydrogen) atoms. The van der Waals surface area contributed by atoms with Crippen molar-refractivity contribution in [3.63, 3.8) is 0 Å². The van der Waals surface area contributed by atoms with E-state index >= 15 is 0 Å². The number of benzene rings is 1. The summed E-state index contributed by atoms with van der Waals surface area (Å²) in [6, 6.07) is 6.20. The molecule has 1 atom stereocenters. The van der Waals surface area contributed by atoms with Crippen molar-refractivity contribution in [1.29, 1.82) is 0 Å². The molecule has 5 heteroatoms. The van der Waals surface area contributed by atoms with Gasteiger partial charge in [-0.25, -0.2) is 4.79 Å². The van der Waals surface area contributed by atoms with Gasteiger partial charge >= 0.3 is 6.09 Å². The van der Waals surface area contributed by atoms with Crippen molar-refractivity contribution in [2.75, 3.05) is 25.1 Å². The number of ether oxygens (including phenoxy) is 2. The Kier molecular flexibility index (Phi) is 5.65. The van der Waals surface area contributed by atoms with E-state index in [2.05, 4.69) is 17.4 Å². The Balaban J connectivity index is 2.12. The third kappa shape index (κ3) is 4.69. The first-order chi connectivity index (χ1) is 10.8. The van der Waals surface area contributed by atoms with Crippen LogP contribution >= 0.6 is 0 Å². The molecule has 1 aliphatic rings. The molecule has 1 unspecified atom stereocenters. The van der Waals surface area contributed by atoms with E-state index in [0.717, 1.165) is 24.2 Å². The number of fused-ring (bicyclic) bond motifs is 1. The second-order valence-corrected chi connectivity index (χ2v) is 6.98. The normalized spacial score (nSPS) is 15.4. The Morgan fingerprint density at radius 2 is 2.13 bits per heavy atom. The van der Waals surface area contributed by atoms with E-state index in [-0.39, 0.29) is 12.2 Å². The van der Waals surface area contributed by atoms with Gasteiger partial charge in [0, 0.05) is 26.7 Å². The number of para-hydroxylation sites is 1. The van der Waals surface area contributed by atoms with Crippen molar-refractivity contribution in [2.45, 2.75) is 52.4 Å². The highest BCUT2D eigenvalue weighted by molar-refractivity contribution is 5.91. The predicted octanol–water partition coefficient (Wildman–Crippen LogP) is 3.11. The van der Waals surface area contributed by atoms with Crippen LogP contribution in [-0.2, 0) is 22.4 Å². The summed E-state index contributed by atoms with van der Waals surface area (Å²) in [5.74, 6) is 0. The number of nitrogens with zero attached hydrogens (tertiary/aromatic N) is 1. The van der Waals surface area contributed by atoms with Gasteiger partial charge in [0.05, 0.1) is 11.8 Å². The molecule has 1 heterocycles. The lowest BCUT2D eigenvalue weighted by molar-refractivity contribution is 0.0583. The molecule has 1 aromatic rings. The molecule has 0 saturated carbocycles. The molecule has 1 aromatic carbocycles. The largest absolute Gasteiger partial charge is 0.443 e. The molecule has 2 rings (SSSR count). The molecule has 1 N–H and O–H groups in total. The molecule has 0 fully saturated rings. The monoisotopic (exact) mass is 320 g/mol. The minimum Gasteiger partial charge on any atom is -0.443 e. The Bertz CT molecular complexity index is 552. The van der Waals surface area contributed by atoms with Crippen LogP contribution in [0.4, 0.5) is 10.5 Å². The summed E-state index contributed by atoms with van der Waals surface area (Å²) in [6.45, 7) is 9.85. The minimum absolute atomic E-state index is 0.161. The third-order valence-electron chi connectivity index (χ3n) is 3.84. The number of rotatable bonds is 5. The van der Waals surface area contributed by atoms with Crippen LogP contribution in [0, 0.1) is 0 Å². The van der Waals surface area contributed by atoms with Crippen molar-refractivity contribution in [3.05, 3.63) is 29.3 Å². The van der Waals surface area contributed by atoms with Gasteiger partial charge in [0.25, 0.3) is 0 Å². The average Bonchev–Trinajstić information content (AvgIpc) is 2.90. The number of anilines is 1. The first kappa shape index (κ1) is 17.8. The van der Waals surface area contributed by atoms with Crippen molar-refractivity contribution in [1.82, 2.24) is 5.32 Å². The molecule has 5 nitrogen and oxygen atoms in total. The predicted molar refractivity (Wildman–Crippen MR) is 91.9 cm³/mol. The number of hydrogen-bond donors (Lipinski definition) is 1. The van der Waals surface area contributed by atoms with Gasteiger partial charge in [0.1, 0.15) is 5.60 Å². The Hall–Kier alpha value is -1.59. The van der Waals surface area contributed by atoms with Crippen molar-refractivity contribution >= 4 is 11.8 Å². The zero-order chi connectivity index (χ0) is 17.0. The molecule has 0 spiro atoms. The Labute approximate surface area is 139 Å². The van der Waals surface area contributed by atoms with Gasteiger partial charge in [-0.2, -0.15) is 0 Å². The first-order valence-electron chi connectivity index (χ1n) is 8.16. The summed E-state index contributed by atoms with van der Waals surface area (Å²) in [5, 5.41) is 3.39. The molecule has 1 aliphatic heterocycles. The number of amides is 1. The second-order valence-electron chi connectivity index (χ2n) is 6.98. The van der Waals surface area contributed by atoms with Crippen molar-refractivity contribution in [3.8, 4) is 0 Å². The Morgan fingerprint density at radius 3 is 2.78 bits per heavy atom. The zero-order valence-corrected chi connectivity index (χ0v) is 14.8. The lowest BCUT2D eigenvalue weighted by atomic mass is 10.1. The van der Waals surface area contributed by atoms with Crippen LogP contribution in [0.2, 0.25) is 0 Å². The maximum Gasteiger partial charge on any atom is 0.414 e. The van der Waals surface area contributed by atoms with E-state index in [1.54, 1.807) is 12.0 Å². The maximum atomic E-state index is 12.5. The van der Waals surface area contributed by atoms with Gasteiger partial charge in [-0.3, -0.25) is 4.90 Å². The molecule has 0 aliphatic carbocycles. The minimum atomic E-state index is -0.485. The highest BCUT2D eigenvalue weighted by atomic mass is 16.6. The fraction of sp³-hybridized carbons (Fsp3) is 0.611. The fourth-order valence-corrected chi connectivity index (χ4v) is 2.67. The van der Waals surface area contributed by atoms with Gasteiger partial charge < -0.3 is 14.8 Å². The molecule has 0 aromatic heterocycles. The van der Waals surface area contributed by atoms with Crippen molar-refractivity contribution in [2.24, 2.45) is 0 Å². The molecule has 0 radical (unpaired) electrons. The summed E-state index contributed by atoms with van der Waals surface area (Å²) in [5.41, 5.74) is 2.84. The third-order valence-corrected chi connectivity index (χ3v) is 3.84. The Morgan fingerprint density at radius 1 is 1.39 bits per heavy atom. The van der Waals surface area contributed by atoms with E-state index in [1.807, 2.05) is 33.8 Å². The van der Waals surface area contributed by atoms with E-state index in [0.29, 0.717) is 13.1 Å². The number of carbonyl (C=O) groups excluding carboxylic acids is 1. The van der Waals surface area contributed by atoms with Crippen LogP contribution in [0.1, 0.15) is 38.8 Å². The van der Waals surface area contributed by atoms with E-state index in [1.165, 1.54) is 5.56 Å². The zero-order valence-electron chi connectivity index (χ0n) is 14.8. The SMILES string of the molecule is COC(C)CNCc1cccc2c1N(C(=O)OC(C)(C)C)CC2. The van der Waals surface area contributed by atoms with E-state index < -0.39 is 5.60 Å². The van der Waals surface area contributed by atoms with Gasteiger partial charge in [-0.15, -0.1) is 0 Å². The summed E-state index contributed by atoms with van der Waals surface area (Å²) in [6.07, 6.45) is 0.763. The van der Waals surface area contributed by atoms with Crippen LogP contribution in [0.15, 0.2) is 18.2 Å². The number of hydrogen-bond acceptors (Lipinski definition) is 4. The quantitative estimate of drug-likeness (QED) is 0.906. The summed E-state index contributed by atoms with van der Waals surface area (Å²) in [7, 11) is 1.71. The van der Waals surface area contributed by atoms with Gasteiger partial charge in [-0.1, -0.05) is 18.2 Å². The number of methoxy groups -OCH3 is 1. The van der Waals surface area contributed by atoms with Gasteiger partial charge in [0.2, 0.25) is 0 Å². The lowest BCUT2D eigenvalue weighted by Crippen LogP contribution is -2.36. The van der Waals surface area contributed by atoms with Crippen LogP contribution in [0.5, 0.6) is 0 Å². The standard InChI is InChI=1S/C18H28N2O3/c1-13(22-5)11-19-12-15-8-6-7-14-9-10-20(16(14)15)17(21)23-18(2,3)4/h6-8,13,19H,9-12H2,1-5H3. The van der Waals surface area contributed by atoms with Crippen LogP contribution < -0.4 is 10.2 Å². The topological polar surface area (TPSA) is 50.8 Å². The highest BCUT2D eigenvalue weighted by Crippen LogP contribution is 2.33. The highest BCUT2D eigenvalue weighted by Gasteiger charge is 2.30. The van der Waals surface area contributed by atoms with Gasteiger partial charge in [0.15, 0.2) is 0 Å². The molecule has 0 saturated heterocycles. The van der Waals surface area contributed by atoms with Crippen LogP contribution in [0.3, 0.4) is 0 Å². The molecule has 128 valence electrons. The number of nitrogens with one attached hydrogen (secondary N) is 1. The molecular weight excluding hydrogens is 292 g/mol. The summed E-state index contributed by atoms with van der Waals surface area (Å²) < 4.78 is 10.8. The second kappa shape index (κ2) is 7.32. The maximum absolute atomic E-state index is 12.5. The fourth-order valence-electron chi connectivity index (χ4n) is 2.67. The first-order valence-corrected chi connectivity index (χ1v) is 8.16. The smallest absolute Gasteiger partial charge is 0.414 e. The molecule has 0 bridgehead atoms. The number of carbonyl (C=O) groups is 1. The summed E-state index contributed by atoms with van der Waals surface area (Å²) >= 11 is 0. The molecular formula is C18H28N2O3. The van der Waals surface area contributed by atoms with Gasteiger partial charge in [-0.05, 0) is 45.2 Å². The van der Waals surface area contributed by atoms with Crippen molar-refractivity contribution < 1.29 is 14.3 Å². The lowest BCUT2D eigenvalue weighted by Gasteiger charge is -2.26. The van der Waals surface area contributed by atoms with E-state index in [4.69, 9.17) is 9.47 Å². The molecule has 1 amide bonds.